The third kappa shape index (κ3) is 7.02. The molecular weight excluding hydrogens is 523 g/mol. The van der Waals surface area contributed by atoms with E-state index >= 15 is 0 Å². The van der Waals surface area contributed by atoms with E-state index < -0.39 is 11.3 Å². The zero-order chi connectivity index (χ0) is 26.2. The number of hydrogen-bond donors (Lipinski definition) is 5. The third-order valence-corrected chi connectivity index (χ3v) is 5.99. The number of aliphatic hydroxyl groups is 1. The molecule has 0 aliphatic rings. The number of nitrogens with two attached hydrogens (primary N) is 1. The van der Waals surface area contributed by atoms with Crippen LogP contribution in [0.3, 0.4) is 0 Å². The van der Waals surface area contributed by atoms with Gasteiger partial charge in [0.1, 0.15) is 5.56 Å². The number of amides is 1. The average molecular weight is 549 g/mol. The highest BCUT2D eigenvalue weighted by Gasteiger charge is 2.17. The lowest BCUT2D eigenvalue weighted by Crippen LogP contribution is -2.35. The molecule has 1 heterocycles. The van der Waals surface area contributed by atoms with Crippen LogP contribution >= 0.6 is 35.4 Å². The van der Waals surface area contributed by atoms with Crippen LogP contribution in [0, 0.1) is 0 Å². The van der Waals surface area contributed by atoms with E-state index in [0.29, 0.717) is 51.9 Å². The molecule has 0 fully saturated rings. The molecule has 0 unspecified atom stereocenters. The van der Waals surface area contributed by atoms with Gasteiger partial charge >= 0.3 is 0 Å². The van der Waals surface area contributed by atoms with Gasteiger partial charge < -0.3 is 26.0 Å². The smallest absolute Gasteiger partial charge is 0.256 e. The number of pyridine rings is 1. The first-order chi connectivity index (χ1) is 17.2. The molecule has 0 saturated heterocycles. The van der Waals surface area contributed by atoms with Crippen LogP contribution in [-0.4, -0.2) is 52.6 Å². The summed E-state index contributed by atoms with van der Waals surface area (Å²) in [7, 11) is 0. The average Bonchev–Trinajstić information content (AvgIpc) is 2.85. The van der Waals surface area contributed by atoms with Crippen LogP contribution in [-0.2, 0) is 6.54 Å². The van der Waals surface area contributed by atoms with Crippen LogP contribution in [0.25, 0.3) is 10.9 Å². The molecule has 0 atom stereocenters. The molecule has 36 heavy (non-hydrogen) atoms. The van der Waals surface area contributed by atoms with E-state index in [-0.39, 0.29) is 23.8 Å². The van der Waals surface area contributed by atoms with Crippen molar-refractivity contribution in [3.8, 4) is 0 Å². The normalized spacial score (nSPS) is 11.5. The molecule has 0 bridgehead atoms. The number of nitrogens with zero attached hydrogens (tertiary/aromatic N) is 2. The number of fused-ring (bicyclic) bond motifs is 1. The van der Waals surface area contributed by atoms with Gasteiger partial charge in [0.2, 0.25) is 5.43 Å². The Balaban J connectivity index is 2.07. The van der Waals surface area contributed by atoms with Gasteiger partial charge in [-0.05, 0) is 54.5 Å². The molecular formula is C24H26Cl2N6O3S. The minimum Gasteiger partial charge on any atom is -0.395 e. The molecule has 0 saturated carbocycles. The van der Waals surface area contributed by atoms with E-state index in [9.17, 15) is 9.59 Å². The molecule has 1 aromatic heterocycles. The maximum Gasteiger partial charge on any atom is 0.256 e. The second kappa shape index (κ2) is 12.8. The molecule has 2 aromatic carbocycles. The van der Waals surface area contributed by atoms with Crippen LogP contribution < -0.4 is 27.2 Å². The summed E-state index contributed by atoms with van der Waals surface area (Å²) >= 11 is 17.2. The lowest BCUT2D eigenvalue weighted by molar-refractivity contribution is 0.0952. The van der Waals surface area contributed by atoms with Gasteiger partial charge in [0, 0.05) is 47.8 Å². The fraction of sp³-hybridized carbons (Fsp3) is 0.250. The van der Waals surface area contributed by atoms with Gasteiger partial charge in [0.25, 0.3) is 5.91 Å². The number of aromatic nitrogens is 1. The quantitative estimate of drug-likeness (QED) is 0.113. The third-order valence-electron chi connectivity index (χ3n) is 5.31. The Morgan fingerprint density at radius 2 is 1.94 bits per heavy atom. The predicted molar refractivity (Wildman–Crippen MR) is 148 cm³/mol. The molecule has 9 nitrogen and oxygen atoms in total. The Kier molecular flexibility index (Phi) is 9.80. The zero-order valence-corrected chi connectivity index (χ0v) is 21.8. The summed E-state index contributed by atoms with van der Waals surface area (Å²) in [5, 5.41) is 20.0. The van der Waals surface area contributed by atoms with E-state index in [1.807, 2.05) is 6.07 Å². The second-order valence-corrected chi connectivity index (χ2v) is 9.15. The molecule has 6 N–H and O–H groups in total. The molecule has 0 aliphatic carbocycles. The van der Waals surface area contributed by atoms with Crippen LogP contribution in [0.2, 0.25) is 10.0 Å². The lowest BCUT2D eigenvalue weighted by Gasteiger charge is -2.16. The number of rotatable bonds is 10. The van der Waals surface area contributed by atoms with Gasteiger partial charge in [-0.1, -0.05) is 35.3 Å². The highest BCUT2D eigenvalue weighted by atomic mass is 35.5. The number of nitrogens with one attached hydrogen (secondary N) is 3. The first-order valence-electron chi connectivity index (χ1n) is 11.0. The number of halogens is 2. The van der Waals surface area contributed by atoms with E-state index in [4.69, 9.17) is 46.3 Å². The molecule has 1 amide bonds. The monoisotopic (exact) mass is 548 g/mol. The SMILES string of the molecule is C/C(=N\NC(N)=S)c1ccc2c(c1)c(=O)c(C(=O)NCCNCCO)cn2Cc1ccc(Cl)cc1Cl. The van der Waals surface area contributed by atoms with E-state index in [2.05, 4.69) is 21.2 Å². The number of aliphatic hydroxyl groups excluding tert-OH is 1. The molecule has 0 spiro atoms. The lowest BCUT2D eigenvalue weighted by atomic mass is 10.0. The largest absolute Gasteiger partial charge is 0.395 e. The maximum absolute atomic E-state index is 13.4. The molecule has 0 aliphatic heterocycles. The number of carbonyl (C=O) groups excluding carboxylic acids is 1. The predicted octanol–water partition coefficient (Wildman–Crippen LogP) is 2.23. The van der Waals surface area contributed by atoms with Crippen LogP contribution in [0.1, 0.15) is 28.4 Å². The van der Waals surface area contributed by atoms with Crippen LogP contribution in [0.5, 0.6) is 0 Å². The van der Waals surface area contributed by atoms with Gasteiger partial charge in [-0.15, -0.1) is 0 Å². The van der Waals surface area contributed by atoms with Crippen molar-refractivity contribution in [1.82, 2.24) is 20.6 Å². The van der Waals surface area contributed by atoms with E-state index in [1.54, 1.807) is 41.8 Å². The van der Waals surface area contributed by atoms with Gasteiger partial charge in [-0.3, -0.25) is 15.0 Å². The summed E-state index contributed by atoms with van der Waals surface area (Å²) in [6, 6.07) is 10.5. The molecule has 3 aromatic rings. The molecule has 12 heteroatoms. The summed E-state index contributed by atoms with van der Waals surface area (Å²) in [4.78, 5) is 26.3. The Labute approximate surface area is 223 Å². The zero-order valence-electron chi connectivity index (χ0n) is 19.5. The number of carbonyl (C=O) groups is 1. The summed E-state index contributed by atoms with van der Waals surface area (Å²) in [6.07, 6.45) is 1.53. The fourth-order valence-electron chi connectivity index (χ4n) is 3.52. The number of benzene rings is 2. The van der Waals surface area contributed by atoms with Gasteiger partial charge in [0.05, 0.1) is 17.8 Å². The maximum atomic E-state index is 13.4. The summed E-state index contributed by atoms with van der Waals surface area (Å²) in [6.45, 7) is 3.19. The number of hydrazone groups is 1. The van der Waals surface area contributed by atoms with Crippen LogP contribution in [0.15, 0.2) is 52.5 Å². The summed E-state index contributed by atoms with van der Waals surface area (Å²) in [5.74, 6) is -0.505. The van der Waals surface area contributed by atoms with Crippen molar-refractivity contribution in [2.24, 2.45) is 10.8 Å². The minimum atomic E-state index is -0.505. The van der Waals surface area contributed by atoms with E-state index in [1.165, 1.54) is 6.20 Å². The van der Waals surface area contributed by atoms with Gasteiger partial charge in [0.15, 0.2) is 5.11 Å². The van der Waals surface area contributed by atoms with Crippen molar-refractivity contribution in [2.45, 2.75) is 13.5 Å². The van der Waals surface area contributed by atoms with Gasteiger partial charge in [-0.25, -0.2) is 0 Å². The van der Waals surface area contributed by atoms with E-state index in [0.717, 1.165) is 5.56 Å². The van der Waals surface area contributed by atoms with Crippen molar-refractivity contribution in [2.75, 3.05) is 26.2 Å². The first-order valence-corrected chi connectivity index (χ1v) is 12.2. The Morgan fingerprint density at radius 3 is 2.64 bits per heavy atom. The van der Waals surface area contributed by atoms with Crippen molar-refractivity contribution in [3.05, 3.63) is 79.6 Å². The minimum absolute atomic E-state index is 0.00573. The Hall–Kier alpha value is -3.02. The Morgan fingerprint density at radius 1 is 1.17 bits per heavy atom. The molecule has 3 rings (SSSR count). The molecule has 190 valence electrons. The fourth-order valence-corrected chi connectivity index (χ4v) is 4.03. The van der Waals surface area contributed by atoms with Gasteiger partial charge in [-0.2, -0.15) is 5.10 Å². The topological polar surface area (TPSA) is 134 Å². The van der Waals surface area contributed by atoms with Crippen molar-refractivity contribution < 1.29 is 9.90 Å². The molecule has 0 radical (unpaired) electrons. The number of thiocarbonyl (C=S) groups is 1. The van der Waals surface area contributed by atoms with Crippen molar-refractivity contribution in [3.63, 3.8) is 0 Å². The second-order valence-electron chi connectivity index (χ2n) is 7.87. The Bertz CT molecular complexity index is 1380. The standard InChI is InChI=1S/C24H26Cl2N6O3S/c1-14(30-31-24(27)36)15-3-5-21-18(10-15)22(34)19(23(35)29-7-6-28-8-9-33)13-32(21)12-16-2-4-17(25)11-20(16)26/h2-5,10-11,13,28,33H,6-9,12H2,1H3,(H,29,35)(H3,27,31,36)/b30-14+. The first kappa shape index (κ1) is 27.6. The van der Waals surface area contributed by atoms with Crippen molar-refractivity contribution >= 4 is 63.1 Å². The summed E-state index contributed by atoms with van der Waals surface area (Å²) in [5.41, 5.74) is 10.2. The van der Waals surface area contributed by atoms with Crippen LogP contribution in [0.4, 0.5) is 0 Å². The highest BCUT2D eigenvalue weighted by Crippen LogP contribution is 2.24. The highest BCUT2D eigenvalue weighted by molar-refractivity contribution is 7.80. The summed E-state index contributed by atoms with van der Waals surface area (Å²) < 4.78 is 1.80. The number of hydrogen-bond acceptors (Lipinski definition) is 6. The van der Waals surface area contributed by atoms with Crippen molar-refractivity contribution in [1.29, 1.82) is 0 Å².